The number of ether oxygens (including phenoxy) is 1. The number of rotatable bonds is 10. The van der Waals surface area contributed by atoms with Crippen LogP contribution in [0.5, 0.6) is 11.6 Å². The first-order valence-electron chi connectivity index (χ1n) is 14.4. The number of aromatic nitrogens is 2. The van der Waals surface area contributed by atoms with Crippen LogP contribution in [0.3, 0.4) is 0 Å². The third-order valence-corrected chi connectivity index (χ3v) is 8.76. The Kier molecular flexibility index (Phi) is 9.72. The van der Waals surface area contributed by atoms with Gasteiger partial charge in [-0.3, -0.25) is 14.4 Å². The van der Waals surface area contributed by atoms with Crippen LogP contribution in [0.1, 0.15) is 24.0 Å². The number of hydrogen-bond acceptors (Lipinski definition) is 7. The molecule has 0 radical (unpaired) electrons. The van der Waals surface area contributed by atoms with E-state index in [1.54, 1.807) is 29.8 Å². The number of carbonyl (C=O) groups is 1. The molecule has 0 bridgehead atoms. The van der Waals surface area contributed by atoms with E-state index in [1.165, 1.54) is 23.5 Å². The molecule has 1 atom stereocenters. The number of likely N-dealkylation sites (tertiary alicyclic amines) is 1. The van der Waals surface area contributed by atoms with Crippen molar-refractivity contribution >= 4 is 50.2 Å². The second-order valence-electron chi connectivity index (χ2n) is 10.6. The first-order chi connectivity index (χ1) is 21.9. The van der Waals surface area contributed by atoms with E-state index in [9.17, 15) is 13.4 Å². The average Bonchev–Trinajstić information content (AvgIpc) is 3.52. The molecule has 2 amide bonds. The van der Waals surface area contributed by atoms with Crippen LogP contribution in [-0.4, -0.2) is 48.8 Å². The van der Waals surface area contributed by atoms with Crippen LogP contribution in [0.4, 0.5) is 20.6 Å². The quantitative estimate of drug-likeness (QED) is 0.147. The summed E-state index contributed by atoms with van der Waals surface area (Å²) in [5.74, 6) is 0.735. The monoisotopic (exact) mass is 646 g/mol. The molecule has 1 fully saturated rings. The Balaban J connectivity index is 1.07. The van der Waals surface area contributed by atoms with Gasteiger partial charge >= 0.3 is 6.03 Å². The topological polar surface area (TPSA) is 120 Å². The van der Waals surface area contributed by atoms with E-state index < -0.39 is 11.3 Å². The third kappa shape index (κ3) is 8.07. The van der Waals surface area contributed by atoms with Gasteiger partial charge in [-0.15, -0.1) is 11.3 Å². The first kappa shape index (κ1) is 30.7. The number of piperidine rings is 1. The number of anilines is 2. The van der Waals surface area contributed by atoms with Crippen LogP contribution in [0.25, 0.3) is 10.2 Å². The molecule has 2 aromatic heterocycles. The zero-order valence-electron chi connectivity index (χ0n) is 24.1. The summed E-state index contributed by atoms with van der Waals surface area (Å²) in [6, 6.07) is 22.4. The molecule has 0 aliphatic carbocycles. The van der Waals surface area contributed by atoms with Crippen LogP contribution >= 0.6 is 11.3 Å². The minimum absolute atomic E-state index is 0.0195. The summed E-state index contributed by atoms with van der Waals surface area (Å²) >= 11 is -0.522. The number of amides is 2. The maximum absolute atomic E-state index is 13.6. The van der Waals surface area contributed by atoms with Crippen molar-refractivity contribution in [1.29, 1.82) is 0 Å². The number of thiazole rings is 1. The fourth-order valence-corrected chi connectivity index (χ4v) is 6.30. The van der Waals surface area contributed by atoms with Gasteiger partial charge in [0.15, 0.2) is 0 Å². The summed E-state index contributed by atoms with van der Waals surface area (Å²) in [7, 11) is 0. The van der Waals surface area contributed by atoms with Crippen LogP contribution in [0, 0.1) is 5.82 Å². The van der Waals surface area contributed by atoms with Crippen molar-refractivity contribution < 1.29 is 22.7 Å². The Labute approximate surface area is 266 Å². The summed E-state index contributed by atoms with van der Waals surface area (Å²) < 4.78 is 42.4. The molecule has 10 nitrogen and oxygen atoms in total. The van der Waals surface area contributed by atoms with Crippen molar-refractivity contribution in [2.75, 3.05) is 23.3 Å². The van der Waals surface area contributed by atoms with Crippen molar-refractivity contribution in [1.82, 2.24) is 19.6 Å². The van der Waals surface area contributed by atoms with E-state index in [0.29, 0.717) is 17.3 Å². The van der Waals surface area contributed by atoms with Crippen LogP contribution < -0.4 is 19.7 Å². The standard InChI is InChI=1S/C32H31FN6O4S2/c33-24-4-6-25(7-5-24)37-32(40)39(27-8-11-29-30(17-27)44-21-35-29)26-13-15-38(16-14-26)20-23-3-12-31(34-18-23)43-28-9-1-22(2-10-28)19-36-45(41)42/h1-12,17-18,21,26,36H,13-16,19-20H2,(H,37,40)(H,41,42). The van der Waals surface area contributed by atoms with Crippen molar-refractivity contribution in [3.8, 4) is 11.6 Å². The number of halogens is 1. The minimum Gasteiger partial charge on any atom is -0.439 e. The lowest BCUT2D eigenvalue weighted by Gasteiger charge is -2.38. The highest BCUT2D eigenvalue weighted by Gasteiger charge is 2.30. The molecule has 5 aromatic rings. The van der Waals surface area contributed by atoms with Gasteiger partial charge in [-0.05, 0) is 78.6 Å². The van der Waals surface area contributed by atoms with Gasteiger partial charge in [0.25, 0.3) is 0 Å². The fraction of sp³-hybridized carbons (Fsp3) is 0.219. The highest BCUT2D eigenvalue weighted by atomic mass is 32.2. The zero-order valence-corrected chi connectivity index (χ0v) is 25.8. The fourth-order valence-electron chi connectivity index (χ4n) is 5.30. The van der Waals surface area contributed by atoms with E-state index >= 15 is 0 Å². The third-order valence-electron chi connectivity index (χ3n) is 7.58. The summed E-state index contributed by atoms with van der Waals surface area (Å²) in [5, 5.41) is 2.94. The van der Waals surface area contributed by atoms with Crippen molar-refractivity contribution in [2.24, 2.45) is 0 Å². The summed E-state index contributed by atoms with van der Waals surface area (Å²) in [5.41, 5.74) is 5.94. The van der Waals surface area contributed by atoms with E-state index in [1.807, 2.05) is 53.6 Å². The molecule has 0 spiro atoms. The zero-order chi connectivity index (χ0) is 31.2. The molecule has 1 saturated heterocycles. The molecular weight excluding hydrogens is 616 g/mol. The SMILES string of the molecule is O=C(Nc1ccc(F)cc1)N(c1ccc2ncsc2c1)C1CCN(Cc2ccc(Oc3ccc(CNS(=O)O)cc3)nc2)CC1. The van der Waals surface area contributed by atoms with Gasteiger partial charge in [-0.1, -0.05) is 18.2 Å². The number of urea groups is 1. The Morgan fingerprint density at radius 1 is 1.02 bits per heavy atom. The Hall–Kier alpha value is -4.27. The molecule has 1 aliphatic rings. The van der Waals surface area contributed by atoms with Gasteiger partial charge in [0.05, 0.1) is 15.7 Å². The molecule has 1 aliphatic heterocycles. The van der Waals surface area contributed by atoms with Gasteiger partial charge in [0.1, 0.15) is 11.6 Å². The lowest BCUT2D eigenvalue weighted by Crippen LogP contribution is -2.49. The number of benzene rings is 3. The summed E-state index contributed by atoms with van der Waals surface area (Å²) in [4.78, 5) is 26.6. The molecule has 6 rings (SSSR count). The predicted molar refractivity (Wildman–Crippen MR) is 174 cm³/mol. The van der Waals surface area contributed by atoms with Crippen molar-refractivity contribution in [3.63, 3.8) is 0 Å². The maximum atomic E-state index is 13.6. The second-order valence-corrected chi connectivity index (χ2v) is 12.3. The molecule has 13 heteroatoms. The van der Waals surface area contributed by atoms with Crippen molar-refractivity contribution in [3.05, 3.63) is 108 Å². The van der Waals surface area contributed by atoms with Gasteiger partial charge in [-0.2, -0.15) is 0 Å². The molecule has 0 saturated carbocycles. The van der Waals surface area contributed by atoms with E-state index in [2.05, 4.69) is 24.9 Å². The highest BCUT2D eigenvalue weighted by Crippen LogP contribution is 2.30. The molecule has 45 heavy (non-hydrogen) atoms. The van der Waals surface area contributed by atoms with E-state index in [0.717, 1.165) is 59.5 Å². The smallest absolute Gasteiger partial charge is 0.326 e. The molecule has 3 heterocycles. The van der Waals surface area contributed by atoms with Gasteiger partial charge in [-0.25, -0.2) is 28.1 Å². The van der Waals surface area contributed by atoms with Crippen molar-refractivity contribution in [2.45, 2.75) is 32.0 Å². The molecule has 3 N–H and O–H groups in total. The number of pyridine rings is 1. The molecular formula is C32H31FN6O4S2. The number of carbonyl (C=O) groups excluding carboxylic acids is 1. The Morgan fingerprint density at radius 2 is 1.78 bits per heavy atom. The number of nitrogens with one attached hydrogen (secondary N) is 2. The van der Waals surface area contributed by atoms with E-state index in [-0.39, 0.29) is 24.4 Å². The lowest BCUT2D eigenvalue weighted by molar-refractivity contribution is 0.199. The Morgan fingerprint density at radius 3 is 2.49 bits per heavy atom. The maximum Gasteiger partial charge on any atom is 0.326 e. The summed E-state index contributed by atoms with van der Waals surface area (Å²) in [6.07, 6.45) is 3.38. The van der Waals surface area contributed by atoms with Gasteiger partial charge < -0.3 is 10.1 Å². The van der Waals surface area contributed by atoms with E-state index in [4.69, 9.17) is 9.29 Å². The summed E-state index contributed by atoms with van der Waals surface area (Å²) in [6.45, 7) is 2.61. The first-order valence-corrected chi connectivity index (χ1v) is 16.4. The Bertz CT molecular complexity index is 1760. The molecule has 1 unspecified atom stereocenters. The predicted octanol–water partition coefficient (Wildman–Crippen LogP) is 6.55. The number of fused-ring (bicyclic) bond motifs is 1. The normalized spacial score (nSPS) is 14.7. The molecule has 232 valence electrons. The second kappa shape index (κ2) is 14.2. The highest BCUT2D eigenvalue weighted by molar-refractivity contribution is 7.77. The molecule has 3 aromatic carbocycles. The van der Waals surface area contributed by atoms with Crippen LogP contribution in [-0.2, 0) is 24.4 Å². The van der Waals surface area contributed by atoms with Gasteiger partial charge in [0.2, 0.25) is 17.1 Å². The average molecular weight is 647 g/mol. The van der Waals surface area contributed by atoms with Crippen LogP contribution in [0.2, 0.25) is 0 Å². The number of hydrogen-bond donors (Lipinski definition) is 3. The number of nitrogens with zero attached hydrogens (tertiary/aromatic N) is 4. The van der Waals surface area contributed by atoms with Crippen LogP contribution in [0.15, 0.2) is 90.6 Å². The largest absolute Gasteiger partial charge is 0.439 e. The van der Waals surface area contributed by atoms with Gasteiger partial charge in [0, 0.05) is 55.9 Å². The lowest BCUT2D eigenvalue weighted by atomic mass is 10.0. The minimum atomic E-state index is -2.06.